The summed E-state index contributed by atoms with van der Waals surface area (Å²) in [6.45, 7) is 3.86. The molecule has 0 amide bonds. The molecule has 2 aliphatic heterocycles. The number of aromatic amines is 1. The molecule has 89 heavy (non-hydrogen) atoms. The summed E-state index contributed by atoms with van der Waals surface area (Å²) >= 11 is 0. The molecule has 8 fully saturated rings. The number of esters is 1. The summed E-state index contributed by atoms with van der Waals surface area (Å²) in [4.78, 5) is 53.6. The summed E-state index contributed by atoms with van der Waals surface area (Å²) in [6.07, 6.45) is 10.1. The second-order valence-corrected chi connectivity index (χ2v) is 32.5. The molecule has 2 aromatic rings. The molecule has 2 saturated heterocycles. The Kier molecular flexibility index (Phi) is 17.7. The Labute approximate surface area is 531 Å². The number of ketones is 2. The number of aromatic hydroxyl groups is 1. The number of allylic oxidation sites excluding steroid dienone is 3. The van der Waals surface area contributed by atoms with E-state index in [1.807, 2.05) is 24.4 Å². The van der Waals surface area contributed by atoms with Gasteiger partial charge in [-0.05, 0) is 184 Å². The average molecular weight is 1260 g/mol. The first-order valence-corrected chi connectivity index (χ1v) is 36.1. The number of carbonyl (C=O) groups excluding carboxylic acids is 3. The highest BCUT2D eigenvalue weighted by atomic mass is 33.1. The number of fused-ring (bicyclic) bond motifs is 10. The quantitative estimate of drug-likeness (QED) is 0.0253. The summed E-state index contributed by atoms with van der Waals surface area (Å²) in [7, 11) is 3.13. The zero-order valence-corrected chi connectivity index (χ0v) is 53.3. The lowest BCUT2D eigenvalue weighted by molar-refractivity contribution is -0.241. The second kappa shape index (κ2) is 24.8. The standard InChI is InChI=1S/C70H95N5O12S2/c1-36-11-12-38-16-20-48-50(49(38)23-36)25-39(52-33-87-65(84)56(52)42-21-22-73-30-42)7-6-8-41-28-70(86)59-57(40-13-17-45(31-75-66(71)72)69(70,27-40)63(41)67(2,85)55(79)26-51(48)64(82)83)68(44-9-4-3-5-10-44)29-54(78)61(80)53-35-89-88-34-43(37-14-18-46(76)19-15-37)24-47(77)32-74-60(59)62(81)58(53)68/h14-16,18-19,21-22,30,36,39-41,43-45,48-58,61,63-64,73-74,76,78-80,82-83,85-86H,3-5,8-13,17,20,23-29,31-35H2,1-2H3,(H4,71,72,75). The van der Waals surface area contributed by atoms with Gasteiger partial charge >= 0.3 is 5.97 Å². The van der Waals surface area contributed by atoms with E-state index in [2.05, 4.69) is 35.1 Å². The Hall–Kier alpha value is -4.36. The lowest BCUT2D eigenvalue weighted by atomic mass is 9.34. The number of H-pyrrole nitrogens is 1. The van der Waals surface area contributed by atoms with Crippen LogP contribution in [0.5, 0.6) is 5.75 Å². The molecule has 4 bridgehead atoms. The molecular weight excluding hydrogens is 1170 g/mol. The number of nitrogens with two attached hydrogens (primary N) is 2. The van der Waals surface area contributed by atoms with Crippen LogP contribution in [0.25, 0.3) is 0 Å². The van der Waals surface area contributed by atoms with E-state index in [0.29, 0.717) is 55.1 Å². The molecule has 9 aliphatic carbocycles. The molecule has 3 heterocycles. The van der Waals surface area contributed by atoms with Crippen LogP contribution in [0.2, 0.25) is 0 Å². The Morgan fingerprint density at radius 1 is 0.865 bits per heavy atom. The van der Waals surface area contributed by atoms with Gasteiger partial charge in [0.1, 0.15) is 5.75 Å². The van der Waals surface area contributed by atoms with Crippen molar-refractivity contribution >= 4 is 45.1 Å². The number of hydrogen-bond donors (Lipinski definition) is 12. The van der Waals surface area contributed by atoms with Crippen molar-refractivity contribution in [2.45, 2.75) is 177 Å². The number of ether oxygens (including phenoxy) is 1. The number of guanidine groups is 1. The van der Waals surface area contributed by atoms with Gasteiger partial charge in [0.25, 0.3) is 0 Å². The van der Waals surface area contributed by atoms with E-state index in [1.54, 1.807) is 46.8 Å². The Balaban J connectivity index is 1.02. The monoisotopic (exact) mass is 1260 g/mol. The van der Waals surface area contributed by atoms with Crippen molar-refractivity contribution in [3.8, 4) is 17.6 Å². The Morgan fingerprint density at radius 3 is 2.38 bits per heavy atom. The number of Topliss-reactive ketones (excluding diaryl/α,β-unsaturated/α-hetero) is 2. The minimum atomic E-state index is -2.06. The molecule has 11 aliphatic rings. The minimum Gasteiger partial charge on any atom is -0.508 e. The number of aliphatic hydroxyl groups is 7. The third kappa shape index (κ3) is 10.8. The number of aliphatic imine (C=N–C) groups is 1. The number of aliphatic hydroxyl groups excluding tert-OH is 4. The molecule has 23 unspecified atom stereocenters. The number of hydrogen-bond acceptors (Lipinski definition) is 16. The number of aromatic nitrogens is 1. The molecule has 1 aromatic heterocycles. The number of phenols is 1. The normalized spacial score (nSPS) is 44.4. The number of carbonyl (C=O) groups is 3. The van der Waals surface area contributed by atoms with E-state index in [0.717, 1.165) is 62.5 Å². The maximum atomic E-state index is 16.9. The lowest BCUT2D eigenvalue weighted by Gasteiger charge is -2.70. The maximum Gasteiger partial charge on any atom is 0.313 e. The van der Waals surface area contributed by atoms with Gasteiger partial charge in [0.2, 0.25) is 0 Å². The highest BCUT2D eigenvalue weighted by Crippen LogP contribution is 2.78. The molecule has 23 atom stereocenters. The minimum absolute atomic E-state index is 0.0137. The van der Waals surface area contributed by atoms with Crippen LogP contribution in [-0.4, -0.2) is 136 Å². The van der Waals surface area contributed by atoms with Crippen LogP contribution in [-0.2, 0) is 19.1 Å². The molecule has 13 rings (SSSR count). The number of benzene rings is 1. The van der Waals surface area contributed by atoms with Crippen LogP contribution < -0.4 is 16.8 Å². The summed E-state index contributed by atoms with van der Waals surface area (Å²) < 4.78 is 5.98. The summed E-state index contributed by atoms with van der Waals surface area (Å²) in [5.41, 5.74) is 9.82. The van der Waals surface area contributed by atoms with Crippen molar-refractivity contribution in [2.24, 2.45) is 116 Å². The van der Waals surface area contributed by atoms with Crippen molar-refractivity contribution in [2.75, 3.05) is 31.2 Å². The molecule has 6 saturated carbocycles. The Morgan fingerprint density at radius 2 is 1.64 bits per heavy atom. The van der Waals surface area contributed by atoms with E-state index < -0.39 is 99.9 Å². The summed E-state index contributed by atoms with van der Waals surface area (Å²) in [6, 6.07) is 8.78. The Bertz CT molecular complexity index is 3130. The summed E-state index contributed by atoms with van der Waals surface area (Å²) in [5, 5.41) is 106. The van der Waals surface area contributed by atoms with Crippen LogP contribution in [0.3, 0.4) is 0 Å². The van der Waals surface area contributed by atoms with Gasteiger partial charge < -0.3 is 67.4 Å². The van der Waals surface area contributed by atoms with Crippen molar-refractivity contribution < 1.29 is 60.0 Å². The van der Waals surface area contributed by atoms with Gasteiger partial charge in [-0.25, -0.2) is 0 Å². The van der Waals surface area contributed by atoms with Gasteiger partial charge in [-0.3, -0.25) is 19.4 Å². The van der Waals surface area contributed by atoms with Crippen molar-refractivity contribution in [3.05, 3.63) is 76.8 Å². The first kappa shape index (κ1) is 63.4. The molecule has 19 heteroatoms. The number of nitrogens with zero attached hydrogens (tertiary/aromatic N) is 1. The number of nitrogens with one attached hydrogen (secondary N) is 2. The van der Waals surface area contributed by atoms with Gasteiger partial charge in [0.05, 0.1) is 54.3 Å². The van der Waals surface area contributed by atoms with Gasteiger partial charge in [0, 0.05) is 90.1 Å². The third-order valence-electron chi connectivity index (χ3n) is 25.6. The summed E-state index contributed by atoms with van der Waals surface area (Å²) in [5.74, 6) is 0.473. The topological polar surface area (TPSA) is 314 Å². The van der Waals surface area contributed by atoms with Gasteiger partial charge in [-0.2, -0.15) is 0 Å². The van der Waals surface area contributed by atoms with Gasteiger partial charge in [-0.15, -0.1) is 5.92 Å². The zero-order chi connectivity index (χ0) is 62.5. The number of rotatable bonds is 7. The molecule has 14 N–H and O–H groups in total. The SMILES string of the molecule is CC1CCC2=CCC3C(C(O)O)CC(O)C(C)(O)C4C(CC#CC(C5COC(=O)C5c5cc[nH]c5)CC3C2C1)CC1(O)C2=C3NCC(=O)CC(c5ccc(O)cc5)CSSCC5C(O)C(O)CC(C6CCCCC6)(C2C2CCC(CN=C(N)N)C41C2)C5C3=O. The van der Waals surface area contributed by atoms with E-state index in [9.17, 15) is 45.3 Å². The van der Waals surface area contributed by atoms with Crippen LogP contribution >= 0.6 is 21.6 Å². The van der Waals surface area contributed by atoms with Crippen molar-refractivity contribution in [1.82, 2.24) is 10.3 Å². The lowest BCUT2D eigenvalue weighted by Crippen LogP contribution is -2.73. The molecule has 1 aromatic carbocycles. The second-order valence-electron chi connectivity index (χ2n) is 29.9. The van der Waals surface area contributed by atoms with E-state index >= 15 is 9.90 Å². The van der Waals surface area contributed by atoms with E-state index in [-0.39, 0.29) is 128 Å². The van der Waals surface area contributed by atoms with Crippen molar-refractivity contribution in [3.63, 3.8) is 0 Å². The first-order chi connectivity index (χ1) is 42.7. The number of phenolic OH excluding ortho intramolecular Hbond substituents is 1. The fourth-order valence-electron chi connectivity index (χ4n) is 22.1. The first-order valence-electron chi connectivity index (χ1n) is 33.6. The third-order valence-corrected chi connectivity index (χ3v) is 28.2. The predicted octanol–water partition coefficient (Wildman–Crippen LogP) is 6.98. The van der Waals surface area contributed by atoms with Crippen molar-refractivity contribution in [1.29, 1.82) is 0 Å². The molecular formula is C70H95N5O12S2. The van der Waals surface area contributed by atoms with Gasteiger partial charge in [0.15, 0.2) is 23.8 Å². The zero-order valence-electron chi connectivity index (χ0n) is 51.6. The van der Waals surface area contributed by atoms with Crippen LogP contribution in [0.4, 0.5) is 0 Å². The number of cyclic esters (lactones) is 1. The smallest absolute Gasteiger partial charge is 0.313 e. The van der Waals surface area contributed by atoms with Crippen LogP contribution in [0, 0.1) is 111 Å². The highest BCUT2D eigenvalue weighted by molar-refractivity contribution is 8.76. The molecule has 17 nitrogen and oxygen atoms in total. The maximum absolute atomic E-state index is 16.9. The highest BCUT2D eigenvalue weighted by Gasteiger charge is 2.80. The van der Waals surface area contributed by atoms with Crippen LogP contribution in [0.15, 0.2) is 70.6 Å². The largest absolute Gasteiger partial charge is 0.508 e. The fraction of sp³-hybridized carbons (Fsp3) is 0.714. The van der Waals surface area contributed by atoms with Crippen LogP contribution in [0.1, 0.15) is 152 Å². The predicted molar refractivity (Wildman–Crippen MR) is 340 cm³/mol. The van der Waals surface area contributed by atoms with E-state index in [4.69, 9.17) is 21.2 Å². The molecule has 484 valence electrons. The average Bonchev–Trinajstić information content (AvgIpc) is 1.63. The van der Waals surface area contributed by atoms with Gasteiger partial charge in [-0.1, -0.05) is 77.5 Å². The molecule has 1 spiro atoms. The molecule has 0 radical (unpaired) electrons. The van der Waals surface area contributed by atoms with E-state index in [1.165, 1.54) is 5.57 Å². The fourth-order valence-corrected chi connectivity index (χ4v) is 24.9.